The summed E-state index contributed by atoms with van der Waals surface area (Å²) < 4.78 is 12.7. The van der Waals surface area contributed by atoms with Crippen molar-refractivity contribution in [3.8, 4) is 22.5 Å². The Kier molecular flexibility index (Phi) is 2.63. The van der Waals surface area contributed by atoms with Gasteiger partial charge < -0.3 is 9.05 Å². The van der Waals surface area contributed by atoms with Gasteiger partial charge in [-0.1, -0.05) is 6.07 Å². The summed E-state index contributed by atoms with van der Waals surface area (Å²) in [5.41, 5.74) is 2.67. The van der Waals surface area contributed by atoms with Gasteiger partial charge in [-0.3, -0.25) is 21.4 Å². The Bertz CT molecular complexity index is 812. The van der Waals surface area contributed by atoms with Crippen molar-refractivity contribution in [3.63, 3.8) is 0 Å². The van der Waals surface area contributed by atoms with E-state index in [0.717, 1.165) is 11.1 Å². The van der Waals surface area contributed by atoms with Crippen LogP contribution in [0.15, 0.2) is 33.3 Å². The average Bonchev–Trinajstić information content (AvgIpc) is 2.93. The Balaban J connectivity index is 2.21. The summed E-state index contributed by atoms with van der Waals surface area (Å²) >= 11 is 0. The monoisotopic (exact) mass is 272 g/mol. The van der Waals surface area contributed by atoms with Crippen molar-refractivity contribution in [2.45, 2.75) is 0 Å². The fourth-order valence-corrected chi connectivity index (χ4v) is 2.12. The Morgan fingerprint density at radius 3 is 1.70 bits per heavy atom. The van der Waals surface area contributed by atoms with Gasteiger partial charge >= 0.3 is 0 Å². The molecule has 0 aliphatic rings. The van der Waals surface area contributed by atoms with Crippen molar-refractivity contribution < 1.29 is 18.4 Å². The zero-order valence-electron chi connectivity index (χ0n) is 10.9. The predicted octanol–water partition coefficient (Wildman–Crippen LogP) is -1.27. The lowest BCUT2D eigenvalue weighted by molar-refractivity contribution is -0.735. The highest BCUT2D eigenvalue weighted by Crippen LogP contribution is 2.18. The Labute approximate surface area is 112 Å². The van der Waals surface area contributed by atoms with Gasteiger partial charge in [-0.05, 0) is 18.2 Å². The second-order valence-electron chi connectivity index (χ2n) is 4.33. The molecule has 1 aromatic carbocycles. The molecule has 102 valence electrons. The molecule has 0 fully saturated rings. The van der Waals surface area contributed by atoms with Gasteiger partial charge in [0, 0.05) is 0 Å². The van der Waals surface area contributed by atoms with E-state index in [9.17, 15) is 0 Å². The Hall–Kier alpha value is -2.90. The highest BCUT2D eigenvalue weighted by atomic mass is 16.5. The van der Waals surface area contributed by atoms with Crippen molar-refractivity contribution >= 4 is 0 Å². The third-order valence-corrected chi connectivity index (χ3v) is 3.00. The minimum absolute atomic E-state index is 0.00885. The van der Waals surface area contributed by atoms with E-state index in [0.29, 0.717) is 11.4 Å². The maximum Gasteiger partial charge on any atom is 0.273 e. The molecule has 0 spiro atoms. The molecule has 0 unspecified atom stereocenters. The number of nitrogens with zero attached hydrogens (tertiary/aromatic N) is 4. The maximum absolute atomic E-state index is 7.74. The fourth-order valence-electron chi connectivity index (χ4n) is 2.12. The van der Waals surface area contributed by atoms with Crippen molar-refractivity contribution in [3.05, 3.63) is 35.4 Å². The van der Waals surface area contributed by atoms with Crippen LogP contribution in [0, 0.1) is 10.8 Å². The largest absolute Gasteiger partial charge is 0.487 e. The molecule has 0 atom stereocenters. The SMILES string of the molecule is C[n+]1[n-]oc(=N)c1-c1cccc(-c2c(=N)o[n-][n+]2C)c1. The lowest BCUT2D eigenvalue weighted by Crippen LogP contribution is -2.36. The van der Waals surface area contributed by atoms with Crippen molar-refractivity contribution in [1.82, 2.24) is 10.5 Å². The van der Waals surface area contributed by atoms with E-state index >= 15 is 0 Å². The lowest BCUT2D eigenvalue weighted by Gasteiger charge is -2.00. The molecule has 0 aliphatic heterocycles. The molecular weight excluding hydrogens is 260 g/mol. The number of nitrogens with one attached hydrogen (secondary N) is 2. The predicted molar refractivity (Wildman–Crippen MR) is 62.5 cm³/mol. The number of benzene rings is 1. The van der Waals surface area contributed by atoms with Crippen LogP contribution in [0.4, 0.5) is 0 Å². The second kappa shape index (κ2) is 4.34. The van der Waals surface area contributed by atoms with E-state index < -0.39 is 0 Å². The van der Waals surface area contributed by atoms with E-state index in [1.165, 1.54) is 9.36 Å². The molecular formula is C12H12N6O2. The molecule has 20 heavy (non-hydrogen) atoms. The second-order valence-corrected chi connectivity index (χ2v) is 4.33. The van der Waals surface area contributed by atoms with Crippen molar-refractivity contribution in [2.24, 2.45) is 14.1 Å². The van der Waals surface area contributed by atoms with Crippen LogP contribution in [-0.2, 0) is 14.1 Å². The summed E-state index contributed by atoms with van der Waals surface area (Å²) in [6.07, 6.45) is 0. The summed E-state index contributed by atoms with van der Waals surface area (Å²) in [6.45, 7) is 0. The number of aromatic nitrogens is 4. The highest BCUT2D eigenvalue weighted by molar-refractivity contribution is 5.65. The van der Waals surface area contributed by atoms with Crippen LogP contribution in [0.2, 0.25) is 0 Å². The molecule has 3 rings (SSSR count). The minimum Gasteiger partial charge on any atom is -0.487 e. The first kappa shape index (κ1) is 12.2. The molecule has 0 aliphatic carbocycles. The summed E-state index contributed by atoms with van der Waals surface area (Å²) in [4.78, 5) is 0. The third-order valence-electron chi connectivity index (χ3n) is 3.00. The van der Waals surface area contributed by atoms with Gasteiger partial charge in [0.25, 0.3) is 22.5 Å². The Morgan fingerprint density at radius 2 is 1.35 bits per heavy atom. The van der Waals surface area contributed by atoms with Crippen LogP contribution in [0.1, 0.15) is 0 Å². The van der Waals surface area contributed by atoms with Crippen LogP contribution in [0.3, 0.4) is 0 Å². The quantitative estimate of drug-likeness (QED) is 0.567. The summed E-state index contributed by atoms with van der Waals surface area (Å²) in [5.74, 6) is 0. The summed E-state index contributed by atoms with van der Waals surface area (Å²) in [5, 5.41) is 22.9. The Morgan fingerprint density at radius 1 is 0.900 bits per heavy atom. The summed E-state index contributed by atoms with van der Waals surface area (Å²) in [6, 6.07) is 7.38. The molecule has 0 amide bonds. The number of hydrogen-bond acceptors (Lipinski definition) is 4. The van der Waals surface area contributed by atoms with Crippen LogP contribution in [0.5, 0.6) is 0 Å². The molecule has 0 saturated carbocycles. The first-order chi connectivity index (χ1) is 9.58. The van der Waals surface area contributed by atoms with Gasteiger partial charge in [0.2, 0.25) is 0 Å². The molecule has 0 radical (unpaired) electrons. The topological polar surface area (TPSA) is 110 Å². The van der Waals surface area contributed by atoms with Gasteiger partial charge in [0.15, 0.2) is 0 Å². The van der Waals surface area contributed by atoms with E-state index in [2.05, 4.69) is 10.5 Å². The highest BCUT2D eigenvalue weighted by Gasteiger charge is 2.17. The van der Waals surface area contributed by atoms with E-state index in [-0.39, 0.29) is 11.1 Å². The molecule has 0 saturated heterocycles. The van der Waals surface area contributed by atoms with E-state index in [1.807, 2.05) is 24.3 Å². The van der Waals surface area contributed by atoms with Gasteiger partial charge in [-0.15, -0.1) is 0 Å². The van der Waals surface area contributed by atoms with Crippen molar-refractivity contribution in [1.29, 1.82) is 10.8 Å². The van der Waals surface area contributed by atoms with Gasteiger partial charge in [0.05, 0.1) is 11.1 Å². The zero-order valence-corrected chi connectivity index (χ0v) is 10.9. The minimum atomic E-state index is -0.00885. The average molecular weight is 272 g/mol. The molecule has 8 nitrogen and oxygen atoms in total. The molecule has 2 aromatic heterocycles. The van der Waals surface area contributed by atoms with E-state index in [4.69, 9.17) is 19.9 Å². The number of aryl methyl sites for hydroxylation is 2. The van der Waals surface area contributed by atoms with Crippen LogP contribution >= 0.6 is 0 Å². The van der Waals surface area contributed by atoms with Crippen LogP contribution in [0.25, 0.3) is 22.5 Å². The lowest BCUT2D eigenvalue weighted by atomic mass is 10.1. The van der Waals surface area contributed by atoms with Gasteiger partial charge in [-0.2, -0.15) is 0 Å². The first-order valence-corrected chi connectivity index (χ1v) is 5.84. The van der Waals surface area contributed by atoms with E-state index in [1.54, 1.807) is 14.1 Å². The standard InChI is InChI=1S/C12H12N6O2/c1-17-9(11(13)19-15-17)7-4-3-5-8(6-7)10-12(14)20-16-18(10)2/h3-6,13-14H,1-2H3. The fraction of sp³-hybridized carbons (Fsp3) is 0.167. The molecule has 3 aromatic rings. The number of rotatable bonds is 2. The van der Waals surface area contributed by atoms with Crippen LogP contribution in [-0.4, -0.2) is 0 Å². The molecule has 2 heterocycles. The normalized spacial score (nSPS) is 10.9. The third kappa shape index (κ3) is 1.78. The molecule has 8 heteroatoms. The number of hydrogen-bond donors (Lipinski definition) is 2. The van der Waals surface area contributed by atoms with Crippen molar-refractivity contribution in [2.75, 3.05) is 0 Å². The summed E-state index contributed by atoms with van der Waals surface area (Å²) in [7, 11) is 3.41. The molecule has 0 bridgehead atoms. The first-order valence-electron chi connectivity index (χ1n) is 5.84. The maximum atomic E-state index is 7.74. The van der Waals surface area contributed by atoms with Gasteiger partial charge in [0.1, 0.15) is 14.1 Å². The van der Waals surface area contributed by atoms with Gasteiger partial charge in [-0.25, -0.2) is 9.36 Å². The smallest absolute Gasteiger partial charge is 0.273 e. The van der Waals surface area contributed by atoms with Crippen LogP contribution < -0.4 is 31.0 Å². The zero-order chi connectivity index (χ0) is 14.3. The molecule has 2 N–H and O–H groups in total.